The molecule has 0 aliphatic heterocycles. The molecular formula is C15H19N3OS. The van der Waals surface area contributed by atoms with E-state index in [-0.39, 0.29) is 5.91 Å². The lowest BCUT2D eigenvalue weighted by Gasteiger charge is -2.10. The third kappa shape index (κ3) is 6.80. The largest absolute Gasteiger partial charge is 0.356 e. The first-order valence-corrected chi connectivity index (χ1v) is 6.93. The summed E-state index contributed by atoms with van der Waals surface area (Å²) in [5.74, 6) is -0.0780. The van der Waals surface area contributed by atoms with E-state index in [1.165, 1.54) is 5.49 Å². The molecule has 0 bridgehead atoms. The molecule has 106 valence electrons. The zero-order chi connectivity index (χ0) is 14.6. The minimum Gasteiger partial charge on any atom is -0.356 e. The van der Waals surface area contributed by atoms with E-state index in [2.05, 4.69) is 21.7 Å². The van der Waals surface area contributed by atoms with Crippen LogP contribution >= 0.6 is 12.2 Å². The van der Waals surface area contributed by atoms with Crippen LogP contribution in [0.15, 0.2) is 53.0 Å². The summed E-state index contributed by atoms with van der Waals surface area (Å²) in [5.41, 5.74) is 3.21. The second kappa shape index (κ2) is 9.86. The molecule has 20 heavy (non-hydrogen) atoms. The molecule has 0 unspecified atom stereocenters. The topological polar surface area (TPSA) is 53.5 Å². The Morgan fingerprint density at radius 2 is 2.40 bits per heavy atom. The normalized spacial score (nSPS) is 17.1. The van der Waals surface area contributed by atoms with Gasteiger partial charge in [0.05, 0.1) is 5.49 Å². The van der Waals surface area contributed by atoms with Gasteiger partial charge in [-0.2, -0.15) is 0 Å². The number of nitrogens with zero attached hydrogens (tertiary/aromatic N) is 1. The van der Waals surface area contributed by atoms with Crippen LogP contribution in [0.5, 0.6) is 0 Å². The Hall–Kier alpha value is -2.01. The van der Waals surface area contributed by atoms with Crippen molar-refractivity contribution in [2.24, 2.45) is 4.99 Å². The fourth-order valence-corrected chi connectivity index (χ4v) is 1.75. The van der Waals surface area contributed by atoms with Crippen LogP contribution in [0, 0.1) is 0 Å². The summed E-state index contributed by atoms with van der Waals surface area (Å²) in [5, 5.41) is 5.86. The number of aliphatic imine (C=N–C) groups is 1. The van der Waals surface area contributed by atoms with Crippen LogP contribution in [0.3, 0.4) is 0 Å². The Bertz CT molecular complexity index is 487. The van der Waals surface area contributed by atoms with Crippen LogP contribution in [0.4, 0.5) is 0 Å². The van der Waals surface area contributed by atoms with E-state index >= 15 is 0 Å². The number of hydrogen-bond acceptors (Lipinski definition) is 3. The summed E-state index contributed by atoms with van der Waals surface area (Å²) in [6.45, 7) is 1.82. The van der Waals surface area contributed by atoms with E-state index in [9.17, 15) is 4.79 Å². The predicted molar refractivity (Wildman–Crippen MR) is 87.4 cm³/mol. The van der Waals surface area contributed by atoms with E-state index in [1.54, 1.807) is 18.5 Å². The summed E-state index contributed by atoms with van der Waals surface area (Å²) in [4.78, 5) is 15.7. The summed E-state index contributed by atoms with van der Waals surface area (Å²) in [6, 6.07) is 0. The molecule has 0 radical (unpaired) electrons. The van der Waals surface area contributed by atoms with Gasteiger partial charge in [0.25, 0.3) is 0 Å². The predicted octanol–water partition coefficient (Wildman–Crippen LogP) is 2.76. The Labute approximate surface area is 125 Å². The summed E-state index contributed by atoms with van der Waals surface area (Å²) >= 11 is 4.80. The van der Waals surface area contributed by atoms with Crippen LogP contribution in [0.2, 0.25) is 0 Å². The zero-order valence-corrected chi connectivity index (χ0v) is 12.3. The van der Waals surface area contributed by atoms with E-state index in [0.717, 1.165) is 24.2 Å². The molecule has 0 aromatic carbocycles. The number of hydrogen-bond donors (Lipinski definition) is 2. The smallest absolute Gasteiger partial charge is 0.228 e. The molecule has 0 aromatic rings. The van der Waals surface area contributed by atoms with Crippen molar-refractivity contribution in [3.8, 4) is 0 Å². The molecule has 2 N–H and O–H groups in total. The van der Waals surface area contributed by atoms with Gasteiger partial charge in [0.15, 0.2) is 0 Å². The van der Waals surface area contributed by atoms with Gasteiger partial charge in [-0.3, -0.25) is 9.79 Å². The van der Waals surface area contributed by atoms with Gasteiger partial charge in [0.2, 0.25) is 5.91 Å². The number of carbonyl (C=O) groups excluding carboxylic acids is 1. The number of nitrogens with one attached hydrogen (secondary N) is 2. The molecule has 0 atom stereocenters. The molecule has 0 saturated carbocycles. The van der Waals surface area contributed by atoms with Crippen LogP contribution in [-0.4, -0.2) is 17.6 Å². The molecule has 0 aromatic heterocycles. The monoisotopic (exact) mass is 289 g/mol. The number of amides is 1. The lowest BCUT2D eigenvalue weighted by Crippen LogP contribution is -2.22. The maximum atomic E-state index is 11.8. The molecule has 0 saturated heterocycles. The third-order valence-electron chi connectivity index (χ3n) is 2.49. The Kier molecular flexibility index (Phi) is 7.91. The first-order valence-electron chi connectivity index (χ1n) is 6.46. The summed E-state index contributed by atoms with van der Waals surface area (Å²) in [6.07, 6.45) is 14.9. The molecule has 0 spiro atoms. The highest BCUT2D eigenvalue weighted by Gasteiger charge is 2.03. The third-order valence-corrected chi connectivity index (χ3v) is 2.61. The minimum atomic E-state index is -0.0780. The Balaban J connectivity index is 2.64. The van der Waals surface area contributed by atoms with E-state index < -0.39 is 0 Å². The minimum absolute atomic E-state index is 0.0780. The van der Waals surface area contributed by atoms with Crippen molar-refractivity contribution in [2.75, 3.05) is 0 Å². The highest BCUT2D eigenvalue weighted by molar-refractivity contribution is 7.78. The molecule has 1 aliphatic carbocycles. The average molecular weight is 289 g/mol. The Morgan fingerprint density at radius 1 is 1.55 bits per heavy atom. The number of carbonyl (C=O) groups is 1. The van der Waals surface area contributed by atoms with Crippen LogP contribution in [0.1, 0.15) is 26.2 Å². The van der Waals surface area contributed by atoms with Crippen molar-refractivity contribution >= 4 is 29.8 Å². The van der Waals surface area contributed by atoms with Gasteiger partial charge >= 0.3 is 0 Å². The van der Waals surface area contributed by atoms with Gasteiger partial charge in [-0.1, -0.05) is 30.4 Å². The van der Waals surface area contributed by atoms with Crippen LogP contribution in [-0.2, 0) is 4.79 Å². The van der Waals surface area contributed by atoms with Crippen molar-refractivity contribution in [3.05, 3.63) is 48.0 Å². The maximum absolute atomic E-state index is 11.8. The summed E-state index contributed by atoms with van der Waals surface area (Å²) < 4.78 is 0. The quantitative estimate of drug-likeness (QED) is 0.584. The van der Waals surface area contributed by atoms with E-state index in [1.807, 2.05) is 25.2 Å². The van der Waals surface area contributed by atoms with Crippen LogP contribution < -0.4 is 10.6 Å². The molecule has 4 nitrogen and oxygen atoms in total. The van der Waals surface area contributed by atoms with E-state index in [0.29, 0.717) is 6.42 Å². The van der Waals surface area contributed by atoms with Crippen molar-refractivity contribution in [1.29, 1.82) is 0 Å². The van der Waals surface area contributed by atoms with Crippen LogP contribution in [0.25, 0.3) is 0 Å². The molecular weight excluding hydrogens is 270 g/mol. The van der Waals surface area contributed by atoms with Crippen molar-refractivity contribution in [1.82, 2.24) is 10.6 Å². The van der Waals surface area contributed by atoms with Gasteiger partial charge in [0, 0.05) is 30.2 Å². The summed E-state index contributed by atoms with van der Waals surface area (Å²) in [7, 11) is 0. The van der Waals surface area contributed by atoms with Gasteiger partial charge in [-0.15, -0.1) is 0 Å². The van der Waals surface area contributed by atoms with Crippen molar-refractivity contribution in [3.63, 3.8) is 0 Å². The molecule has 1 amide bonds. The average Bonchev–Trinajstić information content (AvgIpc) is 2.40. The first-order chi connectivity index (χ1) is 9.76. The zero-order valence-electron chi connectivity index (χ0n) is 11.5. The molecule has 1 rings (SSSR count). The second-order valence-corrected chi connectivity index (χ2v) is 4.30. The van der Waals surface area contributed by atoms with E-state index in [4.69, 9.17) is 12.2 Å². The standard InChI is InChI=1S/C15H19N3OS/c1-2-16-10-6-9-15(19)18-14-8-5-3-4-7-13(11-14)17-12-20/h2-3,5-6,8,10-12H,4,7,9H2,1H3,(H,17,20)(H,18,19)/b5-3-,10-6-,13-11?,14-8?,16-2?. The lowest BCUT2D eigenvalue weighted by molar-refractivity contribution is -0.119. The SMILES string of the molecule is CC=N/C=C\CC(=O)NC1=C/C=C\CCC(NC=S)=C1. The second-order valence-electron chi connectivity index (χ2n) is 4.06. The van der Waals surface area contributed by atoms with Gasteiger partial charge < -0.3 is 10.6 Å². The number of thiocarbonyl (C=S) groups is 1. The van der Waals surface area contributed by atoms with Gasteiger partial charge in [-0.05, 0) is 31.9 Å². The van der Waals surface area contributed by atoms with Gasteiger partial charge in [-0.25, -0.2) is 0 Å². The maximum Gasteiger partial charge on any atom is 0.228 e. The lowest BCUT2D eigenvalue weighted by atomic mass is 10.1. The fourth-order valence-electron chi connectivity index (χ4n) is 1.60. The highest BCUT2D eigenvalue weighted by atomic mass is 32.1. The highest BCUT2D eigenvalue weighted by Crippen LogP contribution is 2.09. The number of rotatable bonds is 6. The van der Waals surface area contributed by atoms with Crippen molar-refractivity contribution in [2.45, 2.75) is 26.2 Å². The Morgan fingerprint density at radius 3 is 3.15 bits per heavy atom. The first kappa shape index (κ1) is 16.0. The molecule has 1 aliphatic rings. The molecule has 0 heterocycles. The molecule has 0 fully saturated rings. The molecule has 5 heteroatoms. The fraction of sp³-hybridized carbons (Fsp3) is 0.267. The van der Waals surface area contributed by atoms with Gasteiger partial charge in [0.1, 0.15) is 0 Å². The van der Waals surface area contributed by atoms with Crippen molar-refractivity contribution < 1.29 is 4.79 Å². The number of allylic oxidation sites excluding steroid dienone is 5.